The summed E-state index contributed by atoms with van der Waals surface area (Å²) in [6.07, 6.45) is -1.26. The summed E-state index contributed by atoms with van der Waals surface area (Å²) >= 11 is 12.3. The molecule has 15 heteroatoms. The monoisotopic (exact) mass is 588 g/mol. The lowest BCUT2D eigenvalue weighted by Gasteiger charge is -2.20. The molecule has 1 aliphatic rings. The van der Waals surface area contributed by atoms with Crippen LogP contribution in [0.3, 0.4) is 0 Å². The number of hydrogen-bond acceptors (Lipinski definition) is 6. The van der Waals surface area contributed by atoms with Crippen LogP contribution in [0.2, 0.25) is 10.0 Å². The van der Waals surface area contributed by atoms with E-state index in [-0.39, 0.29) is 32.9 Å². The van der Waals surface area contributed by atoms with Crippen molar-refractivity contribution in [2.45, 2.75) is 31.5 Å². The summed E-state index contributed by atoms with van der Waals surface area (Å²) in [5.41, 5.74) is -2.39. The van der Waals surface area contributed by atoms with Gasteiger partial charge >= 0.3 is 6.18 Å². The van der Waals surface area contributed by atoms with Gasteiger partial charge in [0.05, 0.1) is 27.6 Å². The van der Waals surface area contributed by atoms with Crippen molar-refractivity contribution in [1.82, 2.24) is 20.1 Å². The molecule has 0 bridgehead atoms. The van der Waals surface area contributed by atoms with E-state index in [0.29, 0.717) is 29.2 Å². The summed E-state index contributed by atoms with van der Waals surface area (Å²) in [7, 11) is -2.90. The predicted octanol–water partition coefficient (Wildman–Crippen LogP) is 5.09. The van der Waals surface area contributed by atoms with E-state index in [2.05, 4.69) is 20.7 Å². The number of alkyl halides is 3. The summed E-state index contributed by atoms with van der Waals surface area (Å²) in [4.78, 5) is 30.5. The Kier molecular flexibility index (Phi) is 7.23. The molecule has 38 heavy (non-hydrogen) atoms. The Morgan fingerprint density at radius 3 is 2.47 bits per heavy atom. The first-order valence-electron chi connectivity index (χ1n) is 11.0. The molecule has 2 heterocycles. The maximum Gasteiger partial charge on any atom is 0.435 e. The van der Waals surface area contributed by atoms with Gasteiger partial charge in [0.1, 0.15) is 5.69 Å². The molecule has 0 aliphatic heterocycles. The zero-order valence-corrected chi connectivity index (χ0v) is 22.3. The molecule has 1 fully saturated rings. The van der Waals surface area contributed by atoms with Gasteiger partial charge in [0.25, 0.3) is 11.8 Å². The quantitative estimate of drug-likeness (QED) is 0.354. The van der Waals surface area contributed by atoms with E-state index in [9.17, 15) is 27.0 Å². The van der Waals surface area contributed by atoms with Crippen molar-refractivity contribution in [2.75, 3.05) is 17.3 Å². The molecule has 0 spiro atoms. The Bertz CT molecular complexity index is 1550. The van der Waals surface area contributed by atoms with Gasteiger partial charge in [-0.25, -0.2) is 9.67 Å². The van der Waals surface area contributed by atoms with E-state index < -0.39 is 44.6 Å². The van der Waals surface area contributed by atoms with Gasteiger partial charge in [-0.05, 0) is 49.6 Å². The normalized spacial score (nSPS) is 16.0. The molecule has 1 aliphatic carbocycles. The highest BCUT2D eigenvalue weighted by Gasteiger charge is 2.46. The van der Waals surface area contributed by atoms with Crippen LogP contribution in [0.4, 0.5) is 18.9 Å². The fourth-order valence-electron chi connectivity index (χ4n) is 3.93. The van der Waals surface area contributed by atoms with Gasteiger partial charge in [0.15, 0.2) is 11.5 Å². The maximum absolute atomic E-state index is 13.5. The van der Waals surface area contributed by atoms with Crippen molar-refractivity contribution < 1.29 is 27.0 Å². The summed E-state index contributed by atoms with van der Waals surface area (Å²) < 4.78 is 60.9. The van der Waals surface area contributed by atoms with Crippen molar-refractivity contribution in [3.8, 4) is 5.82 Å². The third-order valence-corrected chi connectivity index (χ3v) is 7.36. The SMILES string of the molecule is Cc1cc(Cl)cc(C(=O)NC2(CS(C)(=N)=O)CC2)c1NC(=O)c1cc(C(F)(F)F)nn1-c1ncccc1Cl. The van der Waals surface area contributed by atoms with E-state index >= 15 is 0 Å². The molecule has 1 saturated carbocycles. The highest BCUT2D eigenvalue weighted by atomic mass is 35.5. The zero-order chi connectivity index (χ0) is 28.0. The molecule has 9 nitrogen and oxygen atoms in total. The molecule has 0 radical (unpaired) electrons. The van der Waals surface area contributed by atoms with Crippen LogP contribution >= 0.6 is 23.2 Å². The molecule has 1 aromatic carbocycles. The average Bonchev–Trinajstić information content (AvgIpc) is 3.35. The van der Waals surface area contributed by atoms with Gasteiger partial charge in [0.2, 0.25) is 0 Å². The van der Waals surface area contributed by atoms with Crippen LogP contribution in [0.5, 0.6) is 0 Å². The summed E-state index contributed by atoms with van der Waals surface area (Å²) in [6, 6.07) is 6.17. The molecule has 3 N–H and O–H groups in total. The van der Waals surface area contributed by atoms with Crippen molar-refractivity contribution in [2.24, 2.45) is 0 Å². The van der Waals surface area contributed by atoms with Crippen LogP contribution in [0, 0.1) is 11.7 Å². The smallest absolute Gasteiger partial charge is 0.346 e. The van der Waals surface area contributed by atoms with Gasteiger partial charge in [-0.2, -0.15) is 18.3 Å². The third-order valence-electron chi connectivity index (χ3n) is 5.74. The highest BCUT2D eigenvalue weighted by Crippen LogP contribution is 2.38. The minimum Gasteiger partial charge on any atom is -0.346 e. The van der Waals surface area contributed by atoms with Gasteiger partial charge in [-0.15, -0.1) is 0 Å². The van der Waals surface area contributed by atoms with Crippen LogP contribution in [-0.4, -0.2) is 48.3 Å². The standard InChI is InChI=1S/C23H21Cl2F3N6O3S/c1-12-8-13(24)9-14(20(35)32-22(5-6-22)11-38(2,29)37)18(12)31-21(36)16-10-17(23(26,27)28)33-34(16)19-15(25)4-3-7-30-19/h3-4,7-10,29H,5-6,11H2,1-2H3,(H,31,36)(H,32,35). The molecule has 0 saturated heterocycles. The first-order valence-corrected chi connectivity index (χ1v) is 13.9. The number of rotatable bonds is 7. The number of nitrogens with zero attached hydrogens (tertiary/aromatic N) is 3. The topological polar surface area (TPSA) is 130 Å². The molecular weight excluding hydrogens is 568 g/mol. The first-order chi connectivity index (χ1) is 17.6. The molecule has 1 atom stereocenters. The number of carbonyl (C=O) groups excluding carboxylic acids is 2. The number of pyridine rings is 1. The van der Waals surface area contributed by atoms with Crippen molar-refractivity contribution >= 4 is 50.4 Å². The number of benzene rings is 1. The van der Waals surface area contributed by atoms with Crippen LogP contribution in [0.1, 0.15) is 44.9 Å². The number of nitrogens with one attached hydrogen (secondary N) is 3. The molecule has 4 rings (SSSR count). The Balaban J connectivity index is 1.72. The summed E-state index contributed by atoms with van der Waals surface area (Å²) in [6.45, 7) is 1.56. The number of amides is 2. The van der Waals surface area contributed by atoms with E-state index in [1.165, 1.54) is 36.7 Å². The van der Waals surface area contributed by atoms with Crippen LogP contribution < -0.4 is 10.6 Å². The summed E-state index contributed by atoms with van der Waals surface area (Å²) in [5.74, 6) is -1.91. The molecular formula is C23H21Cl2F3N6O3S. The highest BCUT2D eigenvalue weighted by molar-refractivity contribution is 7.91. The Morgan fingerprint density at radius 2 is 1.89 bits per heavy atom. The molecule has 2 aromatic heterocycles. The average molecular weight is 589 g/mol. The number of anilines is 1. The number of halogens is 5. The predicted molar refractivity (Wildman–Crippen MR) is 137 cm³/mol. The van der Waals surface area contributed by atoms with Crippen LogP contribution in [0.15, 0.2) is 36.5 Å². The fourth-order valence-corrected chi connectivity index (χ4v) is 5.82. The van der Waals surface area contributed by atoms with E-state index in [1.54, 1.807) is 6.92 Å². The minimum absolute atomic E-state index is 0.00392. The number of carbonyl (C=O) groups is 2. The van der Waals surface area contributed by atoms with E-state index in [4.69, 9.17) is 28.0 Å². The zero-order valence-electron chi connectivity index (χ0n) is 19.9. The van der Waals surface area contributed by atoms with E-state index in [1.807, 2.05) is 0 Å². The van der Waals surface area contributed by atoms with E-state index in [0.717, 1.165) is 0 Å². The lowest BCUT2D eigenvalue weighted by Crippen LogP contribution is -2.42. The number of aromatic nitrogens is 3. The van der Waals surface area contributed by atoms with Crippen molar-refractivity contribution in [1.29, 1.82) is 4.78 Å². The largest absolute Gasteiger partial charge is 0.435 e. The van der Waals surface area contributed by atoms with Gasteiger partial charge in [-0.1, -0.05) is 23.2 Å². The first kappa shape index (κ1) is 27.9. The van der Waals surface area contributed by atoms with Crippen LogP contribution in [-0.2, 0) is 15.9 Å². The second-order valence-corrected chi connectivity index (χ2v) is 12.3. The maximum atomic E-state index is 13.5. The molecule has 3 aromatic rings. The Morgan fingerprint density at radius 1 is 1.21 bits per heavy atom. The summed E-state index contributed by atoms with van der Waals surface area (Å²) in [5, 5.41) is 8.91. The Hall–Kier alpha value is -3.16. The van der Waals surface area contributed by atoms with Crippen LogP contribution in [0.25, 0.3) is 5.82 Å². The minimum atomic E-state index is -4.86. The van der Waals surface area contributed by atoms with Gasteiger partial charge < -0.3 is 10.6 Å². The molecule has 2 amide bonds. The van der Waals surface area contributed by atoms with Gasteiger partial charge in [-0.3, -0.25) is 18.6 Å². The lowest BCUT2D eigenvalue weighted by atomic mass is 10.1. The fraction of sp³-hybridized carbons (Fsp3) is 0.304. The molecule has 202 valence electrons. The number of hydrogen-bond donors (Lipinski definition) is 3. The Labute approximate surface area is 225 Å². The molecule has 1 unspecified atom stereocenters. The second-order valence-electron chi connectivity index (χ2n) is 9.12. The van der Waals surface area contributed by atoms with Crippen molar-refractivity contribution in [3.63, 3.8) is 0 Å². The lowest BCUT2D eigenvalue weighted by molar-refractivity contribution is -0.141. The third kappa shape index (κ3) is 6.11. The number of aryl methyl sites for hydroxylation is 1. The van der Waals surface area contributed by atoms with Crippen molar-refractivity contribution in [3.05, 3.63) is 69.1 Å². The second kappa shape index (κ2) is 9.86. The van der Waals surface area contributed by atoms with Gasteiger partial charge in [0, 0.05) is 33.3 Å².